The summed E-state index contributed by atoms with van der Waals surface area (Å²) in [6.45, 7) is 0.507. The van der Waals surface area contributed by atoms with Crippen LogP contribution >= 0.6 is 27.3 Å². The van der Waals surface area contributed by atoms with Gasteiger partial charge in [0, 0.05) is 21.3 Å². The third-order valence-corrected chi connectivity index (χ3v) is 3.03. The van der Waals surface area contributed by atoms with Gasteiger partial charge in [0.2, 0.25) is 0 Å². The van der Waals surface area contributed by atoms with Crippen molar-refractivity contribution in [2.75, 3.05) is 6.54 Å². The minimum absolute atomic E-state index is 0.00343. The Labute approximate surface area is 72.3 Å². The quantitative estimate of drug-likeness (QED) is 0.794. The van der Waals surface area contributed by atoms with Crippen molar-refractivity contribution in [3.63, 3.8) is 0 Å². The number of hydrogen-bond donors (Lipinski definition) is 2. The summed E-state index contributed by atoms with van der Waals surface area (Å²) in [5.74, 6) is 0. The van der Waals surface area contributed by atoms with Crippen molar-refractivity contribution in [2.24, 2.45) is 11.5 Å². The molecule has 0 amide bonds. The Kier molecular flexibility index (Phi) is 2.85. The van der Waals surface area contributed by atoms with Gasteiger partial charge in [0.15, 0.2) is 0 Å². The summed E-state index contributed by atoms with van der Waals surface area (Å²) < 4.78 is 1.08. The maximum absolute atomic E-state index is 5.67. The van der Waals surface area contributed by atoms with E-state index in [1.165, 1.54) is 0 Å². The fourth-order valence-electron chi connectivity index (χ4n) is 0.639. The van der Waals surface area contributed by atoms with E-state index >= 15 is 0 Å². The van der Waals surface area contributed by atoms with Crippen molar-refractivity contribution in [1.29, 1.82) is 0 Å². The summed E-state index contributed by atoms with van der Waals surface area (Å²) in [4.78, 5) is 1.13. The van der Waals surface area contributed by atoms with Gasteiger partial charge in [-0.2, -0.15) is 0 Å². The number of nitrogens with two attached hydrogens (primary N) is 2. The molecule has 4 heteroatoms. The van der Waals surface area contributed by atoms with Crippen molar-refractivity contribution < 1.29 is 0 Å². The molecule has 0 saturated carbocycles. The Morgan fingerprint density at radius 1 is 1.70 bits per heavy atom. The minimum Gasteiger partial charge on any atom is -0.329 e. The first-order valence-corrected chi connectivity index (χ1v) is 4.61. The molecule has 10 heavy (non-hydrogen) atoms. The molecule has 56 valence electrons. The monoisotopic (exact) mass is 220 g/mol. The Morgan fingerprint density at radius 2 is 2.40 bits per heavy atom. The molecule has 1 aromatic heterocycles. The van der Waals surface area contributed by atoms with E-state index < -0.39 is 0 Å². The van der Waals surface area contributed by atoms with Gasteiger partial charge in [-0.3, -0.25) is 0 Å². The largest absolute Gasteiger partial charge is 0.329 e. The molecule has 4 N–H and O–H groups in total. The van der Waals surface area contributed by atoms with Crippen LogP contribution < -0.4 is 11.5 Å². The van der Waals surface area contributed by atoms with Gasteiger partial charge in [-0.1, -0.05) is 0 Å². The maximum Gasteiger partial charge on any atom is 0.0514 e. The van der Waals surface area contributed by atoms with Gasteiger partial charge >= 0.3 is 0 Å². The maximum atomic E-state index is 5.67. The van der Waals surface area contributed by atoms with Gasteiger partial charge in [-0.05, 0) is 22.0 Å². The first kappa shape index (κ1) is 8.20. The van der Waals surface area contributed by atoms with Crippen LogP contribution in [0, 0.1) is 0 Å². The van der Waals surface area contributed by atoms with Gasteiger partial charge in [0.05, 0.1) is 6.04 Å². The second kappa shape index (κ2) is 3.48. The predicted molar refractivity (Wildman–Crippen MR) is 48.0 cm³/mol. The zero-order valence-electron chi connectivity index (χ0n) is 5.38. The highest BCUT2D eigenvalue weighted by atomic mass is 79.9. The lowest BCUT2D eigenvalue weighted by Crippen LogP contribution is -2.19. The number of hydrogen-bond acceptors (Lipinski definition) is 3. The first-order chi connectivity index (χ1) is 4.74. The normalized spacial score (nSPS) is 13.5. The molecule has 0 spiro atoms. The predicted octanol–water partition coefficient (Wildman–Crippen LogP) is 1.47. The smallest absolute Gasteiger partial charge is 0.0514 e. The lowest BCUT2D eigenvalue weighted by molar-refractivity contribution is 0.751. The van der Waals surface area contributed by atoms with Crippen molar-refractivity contribution >= 4 is 27.3 Å². The second-order valence-corrected chi connectivity index (χ2v) is 3.87. The third kappa shape index (κ3) is 1.79. The third-order valence-electron chi connectivity index (χ3n) is 1.21. The molecule has 0 saturated heterocycles. The summed E-state index contributed by atoms with van der Waals surface area (Å²) in [5, 5.41) is 2.00. The van der Waals surface area contributed by atoms with E-state index in [4.69, 9.17) is 11.5 Å². The van der Waals surface area contributed by atoms with E-state index in [-0.39, 0.29) is 6.04 Å². The molecule has 0 fully saturated rings. The van der Waals surface area contributed by atoms with Crippen LogP contribution in [0.2, 0.25) is 0 Å². The van der Waals surface area contributed by atoms with Gasteiger partial charge in [-0.15, -0.1) is 11.3 Å². The van der Waals surface area contributed by atoms with E-state index in [1.807, 2.05) is 11.4 Å². The van der Waals surface area contributed by atoms with Crippen LogP contribution in [-0.4, -0.2) is 6.54 Å². The number of halogens is 1. The van der Waals surface area contributed by atoms with Crippen LogP contribution in [0.15, 0.2) is 15.9 Å². The van der Waals surface area contributed by atoms with Crippen LogP contribution in [-0.2, 0) is 0 Å². The molecule has 1 rings (SSSR count). The van der Waals surface area contributed by atoms with E-state index in [2.05, 4.69) is 15.9 Å². The van der Waals surface area contributed by atoms with E-state index in [0.29, 0.717) is 6.54 Å². The van der Waals surface area contributed by atoms with Crippen molar-refractivity contribution in [3.05, 3.63) is 20.8 Å². The van der Waals surface area contributed by atoms with Gasteiger partial charge < -0.3 is 11.5 Å². The highest BCUT2D eigenvalue weighted by Crippen LogP contribution is 2.23. The highest BCUT2D eigenvalue weighted by Gasteiger charge is 2.04. The zero-order valence-corrected chi connectivity index (χ0v) is 7.78. The molecular formula is C6H9BrN2S. The molecule has 1 aromatic rings. The van der Waals surface area contributed by atoms with Crippen LogP contribution in [0.5, 0.6) is 0 Å². The molecule has 0 bridgehead atoms. The van der Waals surface area contributed by atoms with Gasteiger partial charge in [-0.25, -0.2) is 0 Å². The molecule has 1 heterocycles. The summed E-state index contributed by atoms with van der Waals surface area (Å²) in [6.07, 6.45) is 0. The summed E-state index contributed by atoms with van der Waals surface area (Å²) in [7, 11) is 0. The van der Waals surface area contributed by atoms with Crippen LogP contribution in [0.3, 0.4) is 0 Å². The lowest BCUT2D eigenvalue weighted by atomic mass is 10.3. The average Bonchev–Trinajstić information content (AvgIpc) is 2.34. The number of thiophene rings is 1. The van der Waals surface area contributed by atoms with E-state index in [9.17, 15) is 0 Å². The van der Waals surface area contributed by atoms with Crippen LogP contribution in [0.1, 0.15) is 10.9 Å². The zero-order chi connectivity index (χ0) is 7.56. The molecule has 0 aromatic carbocycles. The summed E-state index contributed by atoms with van der Waals surface area (Å²) in [5.41, 5.74) is 11.1. The second-order valence-electron chi connectivity index (χ2n) is 2.01. The van der Waals surface area contributed by atoms with Crippen LogP contribution in [0.25, 0.3) is 0 Å². The molecule has 0 aliphatic carbocycles. The fourth-order valence-corrected chi connectivity index (χ4v) is 2.10. The minimum atomic E-state index is -0.00343. The van der Waals surface area contributed by atoms with E-state index in [1.54, 1.807) is 11.3 Å². The van der Waals surface area contributed by atoms with E-state index in [0.717, 1.165) is 9.35 Å². The Morgan fingerprint density at radius 3 is 2.80 bits per heavy atom. The lowest BCUT2D eigenvalue weighted by Gasteiger charge is -2.02. The molecule has 0 aliphatic rings. The summed E-state index contributed by atoms with van der Waals surface area (Å²) >= 11 is 4.97. The highest BCUT2D eigenvalue weighted by molar-refractivity contribution is 9.10. The SMILES string of the molecule is NC[C@@H](N)c1cc(Br)cs1. The van der Waals surface area contributed by atoms with Gasteiger partial charge in [0.25, 0.3) is 0 Å². The number of rotatable bonds is 2. The molecule has 0 aliphatic heterocycles. The molecular weight excluding hydrogens is 212 g/mol. The average molecular weight is 221 g/mol. The molecule has 0 radical (unpaired) electrons. The van der Waals surface area contributed by atoms with Crippen molar-refractivity contribution in [3.8, 4) is 0 Å². The van der Waals surface area contributed by atoms with Crippen molar-refractivity contribution in [1.82, 2.24) is 0 Å². The fraction of sp³-hybridized carbons (Fsp3) is 0.333. The first-order valence-electron chi connectivity index (χ1n) is 2.93. The Bertz CT molecular complexity index is 211. The van der Waals surface area contributed by atoms with Gasteiger partial charge in [0.1, 0.15) is 0 Å². The summed E-state index contributed by atoms with van der Waals surface area (Å²) in [6, 6.07) is 2.00. The molecule has 0 unspecified atom stereocenters. The molecule has 1 atom stereocenters. The standard InChI is InChI=1S/C6H9BrN2S/c7-4-1-6(10-3-4)5(9)2-8/h1,3,5H,2,8-9H2/t5-/m1/s1. The Balaban J connectivity index is 2.74. The molecule has 2 nitrogen and oxygen atoms in total. The van der Waals surface area contributed by atoms with Crippen molar-refractivity contribution in [2.45, 2.75) is 6.04 Å². The van der Waals surface area contributed by atoms with Crippen LogP contribution in [0.4, 0.5) is 0 Å². The Hall–Kier alpha value is 0.1000. The topological polar surface area (TPSA) is 52.0 Å².